The lowest BCUT2D eigenvalue weighted by molar-refractivity contribution is -0.115. The summed E-state index contributed by atoms with van der Waals surface area (Å²) in [5.41, 5.74) is 0. The van der Waals surface area contributed by atoms with Crippen LogP contribution in [-0.4, -0.2) is 76.1 Å². The first-order valence-corrected chi connectivity index (χ1v) is 7.90. The van der Waals surface area contributed by atoms with Gasteiger partial charge in [-0.25, -0.2) is 0 Å². The molecule has 5 nitrogen and oxygen atoms in total. The highest BCUT2D eigenvalue weighted by Gasteiger charge is 2.10. The number of carbonyl (C=O) groups excluding carboxylic acids is 1. The molecule has 0 saturated heterocycles. The van der Waals surface area contributed by atoms with E-state index in [4.69, 9.17) is 10.2 Å². The van der Waals surface area contributed by atoms with E-state index in [1.54, 1.807) is 26.6 Å². The molecule has 0 aliphatic carbocycles. The van der Waals surface area contributed by atoms with Crippen molar-refractivity contribution in [2.24, 2.45) is 0 Å². The van der Waals surface area contributed by atoms with Crippen molar-refractivity contribution in [3.05, 3.63) is 0 Å². The molecule has 0 aliphatic rings. The third-order valence-corrected chi connectivity index (χ3v) is 1.78. The first-order chi connectivity index (χ1) is 7.72. The van der Waals surface area contributed by atoms with Crippen molar-refractivity contribution in [1.29, 1.82) is 0 Å². The quantitative estimate of drug-likeness (QED) is 0.408. The van der Waals surface area contributed by atoms with Crippen molar-refractivity contribution in [3.63, 3.8) is 0 Å². The Balaban J connectivity index is -0.000000188. The van der Waals surface area contributed by atoms with Gasteiger partial charge >= 0.3 is 0 Å². The van der Waals surface area contributed by atoms with E-state index in [0.717, 1.165) is 6.41 Å². The Kier molecular flexibility index (Phi) is 21.4. The monoisotopic (exact) mass is 305 g/mol. The van der Waals surface area contributed by atoms with Crippen molar-refractivity contribution in [2.45, 2.75) is 12.2 Å². The summed E-state index contributed by atoms with van der Waals surface area (Å²) in [6.45, 7) is 0. The summed E-state index contributed by atoms with van der Waals surface area (Å²) in [7, 11) is 2.76. The first kappa shape index (κ1) is 22.4. The predicted octanol–water partition coefficient (Wildman–Crippen LogP) is -0.733. The molecule has 0 rings (SSSR count). The van der Waals surface area contributed by atoms with E-state index in [1.165, 1.54) is 4.90 Å². The van der Waals surface area contributed by atoms with E-state index in [1.807, 2.05) is 0 Å². The van der Waals surface area contributed by atoms with Crippen LogP contribution < -0.4 is 0 Å². The van der Waals surface area contributed by atoms with Crippen LogP contribution in [0.3, 0.4) is 0 Å². The Bertz CT molecular complexity index is 181. The maximum atomic E-state index is 9.56. The molecule has 0 aromatic carbocycles. The Hall–Kier alpha value is 0.240. The highest BCUT2D eigenvalue weighted by molar-refractivity contribution is 7.83. The zero-order chi connectivity index (χ0) is 14.4. The van der Waals surface area contributed by atoms with E-state index in [-0.39, 0.29) is 11.5 Å². The SMILES string of the molecule is CN(C)C=O.CS(C)=O.O[C@H](CS)[C@H](O)CS. The fourth-order valence-electron chi connectivity index (χ4n) is 0.243. The lowest BCUT2D eigenvalue weighted by Gasteiger charge is -2.11. The molecule has 0 heterocycles. The fourth-order valence-corrected chi connectivity index (χ4v) is 0.730. The first-order valence-electron chi connectivity index (χ1n) is 4.67. The fraction of sp³-hybridized carbons (Fsp3) is 0.889. The lowest BCUT2D eigenvalue weighted by atomic mass is 10.3. The number of hydrogen-bond donors (Lipinski definition) is 4. The molecule has 1 amide bonds. The molecule has 0 radical (unpaired) electrons. The van der Waals surface area contributed by atoms with Gasteiger partial charge in [0.15, 0.2) is 0 Å². The Morgan fingerprint density at radius 2 is 1.35 bits per heavy atom. The second-order valence-electron chi connectivity index (χ2n) is 3.31. The minimum Gasteiger partial charge on any atom is -0.390 e. The molecule has 2 N–H and O–H groups in total. The van der Waals surface area contributed by atoms with Gasteiger partial charge in [0, 0.05) is 48.9 Å². The third-order valence-electron chi connectivity index (χ3n) is 1.03. The average Bonchev–Trinajstić information content (AvgIpc) is 2.26. The highest BCUT2D eigenvalue weighted by Crippen LogP contribution is 1.96. The summed E-state index contributed by atoms with van der Waals surface area (Å²) in [6.07, 6.45) is 2.55. The summed E-state index contributed by atoms with van der Waals surface area (Å²) in [4.78, 5) is 10.9. The van der Waals surface area contributed by atoms with Crippen LogP contribution in [0.5, 0.6) is 0 Å². The van der Waals surface area contributed by atoms with Crippen LogP contribution in [0.4, 0.5) is 0 Å². The largest absolute Gasteiger partial charge is 0.390 e. The zero-order valence-electron chi connectivity index (χ0n) is 10.6. The Morgan fingerprint density at radius 3 is 1.41 bits per heavy atom. The van der Waals surface area contributed by atoms with Crippen LogP contribution in [0.25, 0.3) is 0 Å². The van der Waals surface area contributed by atoms with Gasteiger partial charge in [-0.15, -0.1) is 0 Å². The summed E-state index contributed by atoms with van der Waals surface area (Å²) >= 11 is 7.53. The standard InChI is InChI=1S/C4H10O2S2.C3H7NO.C2H6OS/c5-3(1-7)4(6)2-8;1-4(2)3-5;1-4(2)3/h3-8H,1-2H2;3H,1-2H3;1-2H3/t3-,4-;;/m1../s1. The number of hydrogen-bond acceptors (Lipinski definition) is 6. The van der Waals surface area contributed by atoms with Gasteiger partial charge in [-0.1, -0.05) is 0 Å². The second-order valence-corrected chi connectivity index (χ2v) is 5.52. The van der Waals surface area contributed by atoms with Crippen molar-refractivity contribution in [2.75, 3.05) is 38.1 Å². The predicted molar refractivity (Wildman–Crippen MR) is 79.5 cm³/mol. The molecule has 0 fully saturated rings. The summed E-state index contributed by atoms with van der Waals surface area (Å²) in [5, 5.41) is 17.5. The molecule has 0 spiro atoms. The van der Waals surface area contributed by atoms with Crippen LogP contribution in [0, 0.1) is 0 Å². The molecule has 17 heavy (non-hydrogen) atoms. The molecule has 2 atom stereocenters. The average molecular weight is 305 g/mol. The van der Waals surface area contributed by atoms with Gasteiger partial charge in [0.25, 0.3) is 0 Å². The number of rotatable bonds is 4. The van der Waals surface area contributed by atoms with E-state index >= 15 is 0 Å². The number of aliphatic hydroxyl groups is 2. The second kappa shape index (κ2) is 16.2. The lowest BCUT2D eigenvalue weighted by Crippen LogP contribution is -2.28. The molecule has 0 saturated carbocycles. The van der Waals surface area contributed by atoms with Crippen LogP contribution in [-0.2, 0) is 15.6 Å². The third kappa shape index (κ3) is 31.4. The van der Waals surface area contributed by atoms with Crippen molar-refractivity contribution < 1.29 is 19.2 Å². The summed E-state index contributed by atoms with van der Waals surface area (Å²) in [5.74, 6) is 0.559. The molecule has 8 heteroatoms. The summed E-state index contributed by atoms with van der Waals surface area (Å²) in [6, 6.07) is 0. The van der Waals surface area contributed by atoms with Gasteiger partial charge in [-0.3, -0.25) is 9.00 Å². The molecule has 0 aliphatic heterocycles. The van der Waals surface area contributed by atoms with Gasteiger partial charge in [-0.05, 0) is 0 Å². The smallest absolute Gasteiger partial charge is 0.209 e. The van der Waals surface area contributed by atoms with E-state index in [9.17, 15) is 9.00 Å². The number of carbonyl (C=O) groups is 1. The number of aliphatic hydroxyl groups excluding tert-OH is 2. The Labute approximate surface area is 117 Å². The van der Waals surface area contributed by atoms with Crippen LogP contribution >= 0.6 is 25.3 Å². The molecule has 0 aromatic rings. The van der Waals surface area contributed by atoms with E-state index in [0.29, 0.717) is 0 Å². The topological polar surface area (TPSA) is 77.8 Å². The van der Waals surface area contributed by atoms with Crippen molar-refractivity contribution in [3.8, 4) is 0 Å². The minimum atomic E-state index is -0.740. The van der Waals surface area contributed by atoms with Gasteiger partial charge in [0.2, 0.25) is 6.41 Å². The van der Waals surface area contributed by atoms with Gasteiger partial charge < -0.3 is 15.1 Å². The van der Waals surface area contributed by atoms with Gasteiger partial charge in [0.05, 0.1) is 12.2 Å². The minimum absolute atomic E-state index is 0.279. The molecule has 0 unspecified atom stereocenters. The molecule has 0 bridgehead atoms. The number of nitrogens with zero attached hydrogens (tertiary/aromatic N) is 1. The van der Waals surface area contributed by atoms with Crippen molar-refractivity contribution >= 4 is 42.5 Å². The number of thiol groups is 2. The van der Waals surface area contributed by atoms with Crippen LogP contribution in [0.15, 0.2) is 0 Å². The Morgan fingerprint density at radius 1 is 1.18 bits per heavy atom. The number of amides is 1. The zero-order valence-corrected chi connectivity index (χ0v) is 13.2. The highest BCUT2D eigenvalue weighted by atomic mass is 32.2. The van der Waals surface area contributed by atoms with Gasteiger partial charge in [0.1, 0.15) is 0 Å². The van der Waals surface area contributed by atoms with Gasteiger partial charge in [-0.2, -0.15) is 25.3 Å². The normalized spacial score (nSPS) is 12.5. The maximum absolute atomic E-state index is 9.56. The van der Waals surface area contributed by atoms with Crippen LogP contribution in [0.2, 0.25) is 0 Å². The van der Waals surface area contributed by atoms with E-state index in [2.05, 4.69) is 25.3 Å². The molecule has 106 valence electrons. The maximum Gasteiger partial charge on any atom is 0.209 e. The molecular formula is C9H23NO4S3. The molecule has 0 aromatic heterocycles. The molecular weight excluding hydrogens is 282 g/mol. The summed E-state index contributed by atoms with van der Waals surface area (Å²) < 4.78 is 9.56. The van der Waals surface area contributed by atoms with E-state index < -0.39 is 23.0 Å². The van der Waals surface area contributed by atoms with Crippen molar-refractivity contribution in [1.82, 2.24) is 4.90 Å². The van der Waals surface area contributed by atoms with Crippen LogP contribution in [0.1, 0.15) is 0 Å².